The molecule has 0 amide bonds. The molecule has 0 fully saturated rings. The van der Waals surface area contributed by atoms with E-state index in [9.17, 15) is 4.79 Å². The molecule has 0 radical (unpaired) electrons. The molecule has 0 atom stereocenters. The number of hydrogen-bond donors (Lipinski definition) is 3. The van der Waals surface area contributed by atoms with Crippen LogP contribution >= 0.6 is 0 Å². The molecule has 2 aromatic heterocycles. The standard InChI is InChI=1S/C20H28N6O/c1-4-5-10-22-19-24-17(21)16-18(25-19)26(20(27)23-16)12-15-8-6-14(7-9-15)11-13(2)3/h6-9,13H,4-5,10-12H2,1-3H3,(H,23,27)(H3,21,22,24,25). The van der Waals surface area contributed by atoms with Gasteiger partial charge < -0.3 is 16.0 Å². The predicted molar refractivity (Wildman–Crippen MR) is 110 cm³/mol. The lowest BCUT2D eigenvalue weighted by atomic mass is 10.0. The third-order valence-electron chi connectivity index (χ3n) is 4.47. The molecule has 0 unspecified atom stereocenters. The van der Waals surface area contributed by atoms with E-state index >= 15 is 0 Å². The average Bonchev–Trinajstić information content (AvgIpc) is 2.93. The minimum atomic E-state index is -0.233. The lowest BCUT2D eigenvalue weighted by Gasteiger charge is -2.08. The Bertz CT molecular complexity index is 955. The summed E-state index contributed by atoms with van der Waals surface area (Å²) in [5, 5.41) is 3.17. The molecule has 7 nitrogen and oxygen atoms in total. The van der Waals surface area contributed by atoms with Crippen molar-refractivity contribution < 1.29 is 0 Å². The zero-order valence-electron chi connectivity index (χ0n) is 16.2. The van der Waals surface area contributed by atoms with Gasteiger partial charge in [0, 0.05) is 6.54 Å². The highest BCUT2D eigenvalue weighted by atomic mass is 16.1. The lowest BCUT2D eigenvalue weighted by Crippen LogP contribution is -2.18. The molecule has 0 bridgehead atoms. The van der Waals surface area contributed by atoms with Crippen molar-refractivity contribution in [1.82, 2.24) is 19.5 Å². The Morgan fingerprint density at radius 1 is 1.19 bits per heavy atom. The number of nitrogens with one attached hydrogen (secondary N) is 2. The van der Waals surface area contributed by atoms with Gasteiger partial charge >= 0.3 is 5.69 Å². The number of imidazole rings is 1. The number of anilines is 2. The van der Waals surface area contributed by atoms with Crippen molar-refractivity contribution in [3.8, 4) is 0 Å². The monoisotopic (exact) mass is 368 g/mol. The molecule has 27 heavy (non-hydrogen) atoms. The summed E-state index contributed by atoms with van der Waals surface area (Å²) in [6.07, 6.45) is 3.14. The molecule has 4 N–H and O–H groups in total. The summed E-state index contributed by atoms with van der Waals surface area (Å²) in [4.78, 5) is 24.0. The summed E-state index contributed by atoms with van der Waals surface area (Å²) in [6.45, 7) is 7.74. The van der Waals surface area contributed by atoms with E-state index in [0.29, 0.717) is 29.6 Å². The van der Waals surface area contributed by atoms with Gasteiger partial charge in [-0.3, -0.25) is 4.57 Å². The molecule has 3 aromatic rings. The van der Waals surface area contributed by atoms with Crippen molar-refractivity contribution in [2.24, 2.45) is 5.92 Å². The van der Waals surface area contributed by atoms with Crippen LogP contribution in [-0.2, 0) is 13.0 Å². The van der Waals surface area contributed by atoms with Gasteiger partial charge in [0.2, 0.25) is 5.95 Å². The number of H-pyrrole nitrogens is 1. The second kappa shape index (κ2) is 8.24. The van der Waals surface area contributed by atoms with Crippen LogP contribution in [0.5, 0.6) is 0 Å². The molecule has 0 aliphatic heterocycles. The second-order valence-electron chi connectivity index (χ2n) is 7.34. The van der Waals surface area contributed by atoms with Crippen molar-refractivity contribution in [3.05, 3.63) is 45.9 Å². The highest BCUT2D eigenvalue weighted by Crippen LogP contribution is 2.18. The normalized spacial score (nSPS) is 11.4. The number of nitrogens with zero attached hydrogens (tertiary/aromatic N) is 3. The average molecular weight is 368 g/mol. The van der Waals surface area contributed by atoms with Crippen molar-refractivity contribution in [3.63, 3.8) is 0 Å². The van der Waals surface area contributed by atoms with Gasteiger partial charge in [0.25, 0.3) is 0 Å². The summed E-state index contributed by atoms with van der Waals surface area (Å²) in [6, 6.07) is 8.37. The van der Waals surface area contributed by atoms with Crippen LogP contribution in [0.3, 0.4) is 0 Å². The minimum Gasteiger partial charge on any atom is -0.382 e. The van der Waals surface area contributed by atoms with E-state index in [2.05, 4.69) is 65.3 Å². The first kappa shape index (κ1) is 18.9. The number of unbranched alkanes of at least 4 members (excludes halogenated alkanes) is 1. The highest BCUT2D eigenvalue weighted by Gasteiger charge is 2.14. The van der Waals surface area contributed by atoms with E-state index in [1.165, 1.54) is 5.56 Å². The number of nitrogens with two attached hydrogens (primary N) is 1. The van der Waals surface area contributed by atoms with Gasteiger partial charge in [0.1, 0.15) is 5.52 Å². The third kappa shape index (κ3) is 4.48. The summed E-state index contributed by atoms with van der Waals surface area (Å²) in [5.74, 6) is 1.35. The summed E-state index contributed by atoms with van der Waals surface area (Å²) >= 11 is 0. The molecule has 0 saturated heterocycles. The fraction of sp³-hybridized carbons (Fsp3) is 0.450. The van der Waals surface area contributed by atoms with Gasteiger partial charge in [-0.25, -0.2) is 4.79 Å². The number of hydrogen-bond acceptors (Lipinski definition) is 5. The van der Waals surface area contributed by atoms with E-state index in [1.807, 2.05) is 0 Å². The van der Waals surface area contributed by atoms with E-state index in [-0.39, 0.29) is 11.5 Å². The molecule has 0 saturated carbocycles. The Balaban J connectivity index is 1.89. The zero-order valence-corrected chi connectivity index (χ0v) is 16.2. The second-order valence-corrected chi connectivity index (χ2v) is 7.34. The molecule has 0 aliphatic carbocycles. The largest absolute Gasteiger partial charge is 0.382 e. The van der Waals surface area contributed by atoms with Gasteiger partial charge in [-0.15, -0.1) is 0 Å². The Morgan fingerprint density at radius 2 is 1.89 bits per heavy atom. The van der Waals surface area contributed by atoms with Crippen molar-refractivity contribution in [2.45, 2.75) is 46.6 Å². The van der Waals surface area contributed by atoms with E-state index < -0.39 is 0 Å². The molecule has 1 aromatic carbocycles. The Hall–Kier alpha value is -2.83. The summed E-state index contributed by atoms with van der Waals surface area (Å²) in [5.41, 5.74) is 9.15. The van der Waals surface area contributed by atoms with Crippen LogP contribution in [0.4, 0.5) is 11.8 Å². The Labute approximate surface area is 159 Å². The molecule has 3 rings (SSSR count). The molecule has 0 spiro atoms. The molecular weight excluding hydrogens is 340 g/mol. The molecule has 7 heteroatoms. The Morgan fingerprint density at radius 3 is 2.56 bits per heavy atom. The maximum Gasteiger partial charge on any atom is 0.328 e. The van der Waals surface area contributed by atoms with Gasteiger partial charge in [0.15, 0.2) is 11.5 Å². The number of rotatable bonds is 8. The summed E-state index contributed by atoms with van der Waals surface area (Å²) in [7, 11) is 0. The van der Waals surface area contributed by atoms with Gasteiger partial charge in [-0.2, -0.15) is 9.97 Å². The van der Waals surface area contributed by atoms with Crippen LogP contribution in [0.25, 0.3) is 11.2 Å². The number of aromatic nitrogens is 4. The topological polar surface area (TPSA) is 102 Å². The van der Waals surface area contributed by atoms with Crippen LogP contribution in [0.1, 0.15) is 44.7 Å². The van der Waals surface area contributed by atoms with Gasteiger partial charge in [-0.05, 0) is 29.9 Å². The quantitative estimate of drug-likeness (QED) is 0.530. The number of fused-ring (bicyclic) bond motifs is 1. The highest BCUT2D eigenvalue weighted by molar-refractivity contribution is 5.82. The van der Waals surface area contributed by atoms with Crippen LogP contribution in [-0.4, -0.2) is 26.1 Å². The SMILES string of the molecule is CCCCNc1nc(N)c2[nH]c(=O)n(Cc3ccc(CC(C)C)cc3)c2n1. The molecule has 2 heterocycles. The first-order valence-corrected chi connectivity index (χ1v) is 9.55. The van der Waals surface area contributed by atoms with Crippen LogP contribution < -0.4 is 16.7 Å². The Kier molecular flexibility index (Phi) is 5.78. The van der Waals surface area contributed by atoms with Crippen molar-refractivity contribution in [1.29, 1.82) is 0 Å². The predicted octanol–water partition coefficient (Wildman–Crippen LogP) is 3.16. The van der Waals surface area contributed by atoms with Gasteiger partial charge in [-0.1, -0.05) is 51.5 Å². The fourth-order valence-corrected chi connectivity index (χ4v) is 3.09. The van der Waals surface area contributed by atoms with Crippen molar-refractivity contribution >= 4 is 22.9 Å². The zero-order chi connectivity index (χ0) is 19.4. The molecule has 144 valence electrons. The number of nitrogen functional groups attached to an aromatic ring is 1. The van der Waals surface area contributed by atoms with E-state index in [4.69, 9.17) is 5.73 Å². The minimum absolute atomic E-state index is 0.233. The first-order chi connectivity index (χ1) is 13.0. The third-order valence-corrected chi connectivity index (χ3v) is 4.47. The maximum atomic E-state index is 12.4. The van der Waals surface area contributed by atoms with Crippen LogP contribution in [0, 0.1) is 5.92 Å². The number of benzene rings is 1. The lowest BCUT2D eigenvalue weighted by molar-refractivity contribution is 0.647. The van der Waals surface area contributed by atoms with Crippen molar-refractivity contribution in [2.75, 3.05) is 17.6 Å². The molecular formula is C20H28N6O. The first-order valence-electron chi connectivity index (χ1n) is 9.55. The van der Waals surface area contributed by atoms with Crippen LogP contribution in [0.15, 0.2) is 29.1 Å². The number of aromatic amines is 1. The summed E-state index contributed by atoms with van der Waals surface area (Å²) < 4.78 is 1.61. The smallest absolute Gasteiger partial charge is 0.328 e. The fourth-order valence-electron chi connectivity index (χ4n) is 3.09. The molecule has 0 aliphatic rings. The maximum absolute atomic E-state index is 12.4. The van der Waals surface area contributed by atoms with E-state index in [1.54, 1.807) is 4.57 Å². The van der Waals surface area contributed by atoms with E-state index in [0.717, 1.165) is 31.4 Å². The van der Waals surface area contributed by atoms with Crippen LogP contribution in [0.2, 0.25) is 0 Å². The van der Waals surface area contributed by atoms with Gasteiger partial charge in [0.05, 0.1) is 6.54 Å².